The van der Waals surface area contributed by atoms with E-state index in [0.717, 1.165) is 44.1 Å². The van der Waals surface area contributed by atoms with Crippen molar-refractivity contribution in [1.29, 1.82) is 0 Å². The number of hydrogen-bond donors (Lipinski definition) is 1. The summed E-state index contributed by atoms with van der Waals surface area (Å²) in [6, 6.07) is 7.34. The molecule has 1 aromatic carbocycles. The van der Waals surface area contributed by atoms with Gasteiger partial charge in [-0.1, -0.05) is 6.07 Å². The number of methoxy groups -OCH3 is 1. The van der Waals surface area contributed by atoms with Crippen LogP contribution in [0.1, 0.15) is 31.7 Å². The van der Waals surface area contributed by atoms with E-state index < -0.39 is 0 Å². The Morgan fingerprint density at radius 2 is 1.89 bits per heavy atom. The highest BCUT2D eigenvalue weighted by Crippen LogP contribution is 2.29. The fourth-order valence-electron chi connectivity index (χ4n) is 4.64. The molecule has 1 aromatic rings. The van der Waals surface area contributed by atoms with Crippen molar-refractivity contribution < 1.29 is 14.6 Å². The first-order valence-electron chi connectivity index (χ1n) is 10.7. The van der Waals surface area contributed by atoms with E-state index in [1.54, 1.807) is 7.11 Å². The minimum atomic E-state index is 0.263. The molecule has 0 radical (unpaired) electrons. The molecule has 0 aromatic heterocycles. The number of aliphatic hydroxyl groups excluding tert-OH is 1. The van der Waals surface area contributed by atoms with Crippen LogP contribution in [0.3, 0.4) is 0 Å². The van der Waals surface area contributed by atoms with Crippen LogP contribution in [-0.4, -0.2) is 92.0 Å². The Balaban J connectivity index is 1.63. The van der Waals surface area contributed by atoms with Gasteiger partial charge in [-0.15, -0.1) is 0 Å². The van der Waals surface area contributed by atoms with Crippen molar-refractivity contribution in [2.45, 2.75) is 44.8 Å². The van der Waals surface area contributed by atoms with Crippen molar-refractivity contribution in [3.63, 3.8) is 0 Å². The molecule has 2 aliphatic rings. The highest BCUT2D eigenvalue weighted by atomic mass is 16.5. The normalized spacial score (nSPS) is 23.1. The van der Waals surface area contributed by atoms with E-state index in [4.69, 9.17) is 9.47 Å². The summed E-state index contributed by atoms with van der Waals surface area (Å²) in [5.41, 5.74) is 1.25. The standard InChI is InChI=1S/C22H37N3O3/c1-4-28-22-15-18(5-6-21(22)27-3)16-24-12-13-25(20(17-24)9-14-26)19-7-10-23(2)11-8-19/h5-6,15,19-20,26H,4,7-14,16-17H2,1-3H3. The fraction of sp³-hybridized carbons (Fsp3) is 0.727. The minimum absolute atomic E-state index is 0.263. The Kier molecular flexibility index (Phi) is 7.97. The van der Waals surface area contributed by atoms with Crippen molar-refractivity contribution >= 4 is 0 Å². The van der Waals surface area contributed by atoms with Gasteiger partial charge in [0, 0.05) is 44.9 Å². The number of aliphatic hydroxyl groups is 1. The smallest absolute Gasteiger partial charge is 0.161 e. The number of ether oxygens (including phenoxy) is 2. The van der Waals surface area contributed by atoms with E-state index in [-0.39, 0.29) is 6.61 Å². The van der Waals surface area contributed by atoms with Crippen LogP contribution in [0.5, 0.6) is 11.5 Å². The van der Waals surface area contributed by atoms with Gasteiger partial charge in [0.05, 0.1) is 13.7 Å². The summed E-state index contributed by atoms with van der Waals surface area (Å²) < 4.78 is 11.1. The zero-order chi connectivity index (χ0) is 19.9. The zero-order valence-electron chi connectivity index (χ0n) is 17.8. The van der Waals surface area contributed by atoms with Crippen LogP contribution in [0.2, 0.25) is 0 Å². The average molecular weight is 392 g/mol. The van der Waals surface area contributed by atoms with E-state index in [1.807, 2.05) is 13.0 Å². The maximum absolute atomic E-state index is 9.62. The summed E-state index contributed by atoms with van der Waals surface area (Å²) >= 11 is 0. The van der Waals surface area contributed by atoms with Gasteiger partial charge >= 0.3 is 0 Å². The molecule has 2 fully saturated rings. The first kappa shape index (κ1) is 21.4. The lowest BCUT2D eigenvalue weighted by Gasteiger charge is -2.47. The summed E-state index contributed by atoms with van der Waals surface area (Å²) in [5.74, 6) is 1.61. The monoisotopic (exact) mass is 391 g/mol. The van der Waals surface area contributed by atoms with E-state index in [9.17, 15) is 5.11 Å². The molecule has 1 unspecified atom stereocenters. The second kappa shape index (κ2) is 10.4. The topological polar surface area (TPSA) is 48.4 Å². The van der Waals surface area contributed by atoms with Gasteiger partial charge in [-0.05, 0) is 64.0 Å². The van der Waals surface area contributed by atoms with Crippen LogP contribution < -0.4 is 9.47 Å². The number of likely N-dealkylation sites (tertiary alicyclic amines) is 1. The van der Waals surface area contributed by atoms with Crippen molar-refractivity contribution in [2.75, 3.05) is 60.1 Å². The second-order valence-corrected chi connectivity index (χ2v) is 8.09. The number of piperidine rings is 1. The molecule has 0 saturated carbocycles. The third-order valence-electron chi connectivity index (χ3n) is 6.17. The van der Waals surface area contributed by atoms with Crippen LogP contribution in [0.25, 0.3) is 0 Å². The number of benzene rings is 1. The third-order valence-corrected chi connectivity index (χ3v) is 6.17. The lowest BCUT2D eigenvalue weighted by Crippen LogP contribution is -2.58. The van der Waals surface area contributed by atoms with E-state index in [2.05, 4.69) is 33.9 Å². The van der Waals surface area contributed by atoms with E-state index >= 15 is 0 Å². The molecule has 1 atom stereocenters. The Morgan fingerprint density at radius 3 is 2.57 bits per heavy atom. The molecule has 6 heteroatoms. The Morgan fingerprint density at radius 1 is 1.11 bits per heavy atom. The van der Waals surface area contributed by atoms with Crippen molar-refractivity contribution in [3.8, 4) is 11.5 Å². The van der Waals surface area contributed by atoms with Crippen molar-refractivity contribution in [1.82, 2.24) is 14.7 Å². The summed E-state index contributed by atoms with van der Waals surface area (Å²) in [7, 11) is 3.89. The quantitative estimate of drug-likeness (QED) is 0.732. The van der Waals surface area contributed by atoms with Crippen LogP contribution in [-0.2, 0) is 6.54 Å². The number of rotatable bonds is 8. The van der Waals surface area contributed by atoms with Gasteiger partial charge in [0.25, 0.3) is 0 Å². The summed E-state index contributed by atoms with van der Waals surface area (Å²) in [6.07, 6.45) is 3.35. The molecular formula is C22H37N3O3. The molecule has 0 spiro atoms. The molecule has 2 saturated heterocycles. The molecule has 1 N–H and O–H groups in total. The molecule has 3 rings (SSSR count). The number of nitrogens with zero attached hydrogens (tertiary/aromatic N) is 3. The number of hydrogen-bond acceptors (Lipinski definition) is 6. The van der Waals surface area contributed by atoms with Crippen LogP contribution in [0.4, 0.5) is 0 Å². The SMILES string of the molecule is CCOc1cc(CN2CCN(C3CCN(C)CC3)C(CCO)C2)ccc1OC. The summed E-state index contributed by atoms with van der Waals surface area (Å²) in [5, 5.41) is 9.62. The minimum Gasteiger partial charge on any atom is -0.493 e. The van der Waals surface area contributed by atoms with Crippen molar-refractivity contribution in [3.05, 3.63) is 23.8 Å². The predicted molar refractivity (Wildman–Crippen MR) is 112 cm³/mol. The van der Waals surface area contributed by atoms with Gasteiger partial charge in [-0.3, -0.25) is 9.80 Å². The first-order valence-corrected chi connectivity index (χ1v) is 10.7. The van der Waals surface area contributed by atoms with Gasteiger partial charge < -0.3 is 19.5 Å². The van der Waals surface area contributed by atoms with Gasteiger partial charge in [0.15, 0.2) is 11.5 Å². The van der Waals surface area contributed by atoms with Gasteiger partial charge in [0.1, 0.15) is 0 Å². The molecule has 6 nitrogen and oxygen atoms in total. The maximum atomic E-state index is 9.62. The van der Waals surface area contributed by atoms with Gasteiger partial charge in [-0.2, -0.15) is 0 Å². The third kappa shape index (κ3) is 5.38. The number of piperazine rings is 1. The van der Waals surface area contributed by atoms with Crippen LogP contribution >= 0.6 is 0 Å². The predicted octanol–water partition coefficient (Wildman–Crippen LogP) is 2.06. The summed E-state index contributed by atoms with van der Waals surface area (Å²) in [6.45, 7) is 9.35. The summed E-state index contributed by atoms with van der Waals surface area (Å²) in [4.78, 5) is 7.62. The Labute approximate surface area is 170 Å². The van der Waals surface area contributed by atoms with Gasteiger partial charge in [-0.25, -0.2) is 0 Å². The molecular weight excluding hydrogens is 354 g/mol. The zero-order valence-corrected chi connectivity index (χ0v) is 17.8. The molecule has 2 aliphatic heterocycles. The highest BCUT2D eigenvalue weighted by molar-refractivity contribution is 5.43. The van der Waals surface area contributed by atoms with Crippen molar-refractivity contribution in [2.24, 2.45) is 0 Å². The maximum Gasteiger partial charge on any atom is 0.161 e. The Hall–Kier alpha value is -1.34. The molecule has 28 heavy (non-hydrogen) atoms. The molecule has 2 heterocycles. The van der Waals surface area contributed by atoms with E-state index in [0.29, 0.717) is 18.7 Å². The fourth-order valence-corrected chi connectivity index (χ4v) is 4.64. The molecule has 0 aliphatic carbocycles. The molecule has 158 valence electrons. The van der Waals surface area contributed by atoms with E-state index in [1.165, 1.54) is 31.5 Å². The lowest BCUT2D eigenvalue weighted by molar-refractivity contribution is 0.00598. The Bertz CT molecular complexity index is 605. The molecule has 0 amide bonds. The van der Waals surface area contributed by atoms with Gasteiger partial charge in [0.2, 0.25) is 0 Å². The van der Waals surface area contributed by atoms with Crippen LogP contribution in [0, 0.1) is 0 Å². The molecule has 0 bridgehead atoms. The largest absolute Gasteiger partial charge is 0.493 e. The average Bonchev–Trinajstić information content (AvgIpc) is 2.70. The van der Waals surface area contributed by atoms with Crippen LogP contribution in [0.15, 0.2) is 18.2 Å². The lowest BCUT2D eigenvalue weighted by atomic mass is 9.98. The first-order chi connectivity index (χ1) is 13.6. The highest BCUT2D eigenvalue weighted by Gasteiger charge is 2.33. The second-order valence-electron chi connectivity index (χ2n) is 8.09.